The second-order valence-electron chi connectivity index (χ2n) is 8.11. The van der Waals surface area contributed by atoms with Gasteiger partial charge in [-0.2, -0.15) is 0 Å². The summed E-state index contributed by atoms with van der Waals surface area (Å²) in [6.07, 6.45) is 3.95. The third-order valence-electron chi connectivity index (χ3n) is 5.96. The van der Waals surface area contributed by atoms with E-state index in [0.717, 1.165) is 49.3 Å². The Hall–Kier alpha value is -4.11. The van der Waals surface area contributed by atoms with Gasteiger partial charge >= 0.3 is 0 Å². The van der Waals surface area contributed by atoms with Crippen LogP contribution in [0.15, 0.2) is 103 Å². The van der Waals surface area contributed by atoms with E-state index in [1.807, 2.05) is 67.0 Å². The number of hydrogen-bond donors (Lipinski definition) is 1. The molecule has 6 aromatic rings. The van der Waals surface area contributed by atoms with E-state index in [4.69, 9.17) is 18.6 Å². The average molecular weight is 499 g/mol. The molecule has 0 saturated heterocycles. The number of aromatic nitrogens is 2. The molecule has 0 bridgehead atoms. The fourth-order valence-corrected chi connectivity index (χ4v) is 4.49. The van der Waals surface area contributed by atoms with Gasteiger partial charge in [0.1, 0.15) is 0 Å². The van der Waals surface area contributed by atoms with E-state index >= 15 is 0 Å². The van der Waals surface area contributed by atoms with Gasteiger partial charge in [-0.25, -0.2) is 23.6 Å². The van der Waals surface area contributed by atoms with Gasteiger partial charge in [0.2, 0.25) is 5.52 Å². The molecule has 0 atom stereocenters. The minimum atomic E-state index is -4.94. The van der Waals surface area contributed by atoms with Crippen molar-refractivity contribution in [2.45, 2.75) is 0 Å². The highest BCUT2D eigenvalue weighted by Crippen LogP contribution is 2.36. The lowest BCUT2D eigenvalue weighted by atomic mass is 9.89. The molecule has 2 heterocycles. The van der Waals surface area contributed by atoms with Crippen molar-refractivity contribution < 1.29 is 38.7 Å². The first-order chi connectivity index (χ1) is 17.3. The molecule has 178 valence electrons. The third kappa shape index (κ3) is 4.70. The van der Waals surface area contributed by atoms with Gasteiger partial charge in [-0.1, -0.05) is 72.8 Å². The van der Waals surface area contributed by atoms with E-state index in [-0.39, 0.29) is 5.78 Å². The van der Waals surface area contributed by atoms with Crippen molar-refractivity contribution in [3.8, 4) is 11.1 Å². The molecule has 0 radical (unpaired) electrons. The lowest BCUT2D eigenvalue weighted by molar-refractivity contribution is -2.00. The molecule has 36 heavy (non-hydrogen) atoms. The number of carbonyl (C=O) groups excluding carboxylic acids is 1. The van der Waals surface area contributed by atoms with Crippen molar-refractivity contribution in [3.63, 3.8) is 0 Å². The Morgan fingerprint density at radius 2 is 1.36 bits per heavy atom. The summed E-state index contributed by atoms with van der Waals surface area (Å²) in [5.74, 6) is 0.0243. The van der Waals surface area contributed by atoms with Crippen LogP contribution in [0.25, 0.3) is 43.7 Å². The van der Waals surface area contributed by atoms with Crippen LogP contribution < -0.4 is 23.6 Å². The van der Waals surface area contributed by atoms with Gasteiger partial charge in [0, 0.05) is 34.3 Å². The Morgan fingerprint density at radius 1 is 0.722 bits per heavy atom. The Morgan fingerprint density at radius 3 is 2.11 bits per heavy atom. The molecule has 4 aromatic carbocycles. The number of ketones is 1. The maximum atomic E-state index is 13.9. The zero-order valence-electron chi connectivity index (χ0n) is 18.7. The standard InChI is InChI=1S/C28H18N2O.ClHO4/c31-28(19-9-2-1-3-10-19)27-23(22-16-29-24-13-7-6-12-21(22)24)17-30-25-15-14-18-8-4-5-11-20(18)26(25)27;2-1(3,4)5/h1-17,29H;(H,2,3,4,5). The second kappa shape index (κ2) is 9.50. The minimum Gasteiger partial charge on any atom is -0.361 e. The normalized spacial score (nSPS) is 11.4. The quantitative estimate of drug-likeness (QED) is 0.290. The average Bonchev–Trinajstić information content (AvgIpc) is 3.31. The van der Waals surface area contributed by atoms with Crippen LogP contribution in [0.5, 0.6) is 0 Å². The number of halogens is 1. The van der Waals surface area contributed by atoms with Gasteiger partial charge in [0.25, 0.3) is 0 Å². The Labute approximate surface area is 207 Å². The van der Waals surface area contributed by atoms with Crippen LogP contribution in [-0.4, -0.2) is 10.8 Å². The summed E-state index contributed by atoms with van der Waals surface area (Å²) in [6.45, 7) is 0. The third-order valence-corrected chi connectivity index (χ3v) is 5.96. The van der Waals surface area contributed by atoms with E-state index in [2.05, 4.69) is 46.4 Å². The van der Waals surface area contributed by atoms with E-state index in [1.165, 1.54) is 0 Å². The lowest BCUT2D eigenvalue weighted by Crippen LogP contribution is -2.68. The number of pyridine rings is 1. The highest BCUT2D eigenvalue weighted by atomic mass is 35.7. The molecule has 6 rings (SSSR count). The van der Waals surface area contributed by atoms with Crippen LogP contribution >= 0.6 is 0 Å². The van der Waals surface area contributed by atoms with Crippen LogP contribution in [0, 0.1) is 10.2 Å². The number of aromatic amines is 2. The highest BCUT2D eigenvalue weighted by Gasteiger charge is 2.24. The number of rotatable bonds is 3. The molecule has 0 amide bonds. The molecule has 2 N–H and O–H groups in total. The number of nitrogens with one attached hydrogen (secondary N) is 2. The number of hydrogen-bond acceptors (Lipinski definition) is 5. The summed E-state index contributed by atoms with van der Waals surface area (Å²) in [5.41, 5.74) is 5.32. The maximum Gasteiger partial charge on any atom is 0.212 e. The fourth-order valence-electron chi connectivity index (χ4n) is 4.49. The molecule has 0 spiro atoms. The van der Waals surface area contributed by atoms with Crippen molar-refractivity contribution >= 4 is 38.4 Å². The summed E-state index contributed by atoms with van der Waals surface area (Å²) < 4.78 is 34.0. The predicted molar refractivity (Wildman–Crippen MR) is 125 cm³/mol. The molecule has 2 aromatic heterocycles. The molecular weight excluding hydrogens is 480 g/mol. The van der Waals surface area contributed by atoms with E-state index in [9.17, 15) is 4.79 Å². The largest absolute Gasteiger partial charge is 0.361 e. The summed E-state index contributed by atoms with van der Waals surface area (Å²) in [6, 6.07) is 30.1. The van der Waals surface area contributed by atoms with Gasteiger partial charge < -0.3 is 4.98 Å². The van der Waals surface area contributed by atoms with Gasteiger partial charge in [0.05, 0.1) is 16.5 Å². The Bertz CT molecular complexity index is 1700. The van der Waals surface area contributed by atoms with Crippen molar-refractivity contribution in [2.24, 2.45) is 0 Å². The summed E-state index contributed by atoms with van der Waals surface area (Å²) >= 11 is 0. The van der Waals surface area contributed by atoms with E-state index < -0.39 is 10.2 Å². The Kier molecular flexibility index (Phi) is 6.24. The molecule has 7 nitrogen and oxygen atoms in total. The monoisotopic (exact) mass is 498 g/mol. The van der Waals surface area contributed by atoms with Crippen molar-refractivity contribution in [3.05, 3.63) is 115 Å². The second-order valence-corrected chi connectivity index (χ2v) is 8.86. The summed E-state index contributed by atoms with van der Waals surface area (Å²) in [4.78, 5) is 20.7. The van der Waals surface area contributed by atoms with Crippen LogP contribution in [0.4, 0.5) is 0 Å². The summed E-state index contributed by atoms with van der Waals surface area (Å²) in [7, 11) is -4.94. The van der Waals surface area contributed by atoms with Crippen molar-refractivity contribution in [2.75, 3.05) is 0 Å². The minimum absolute atomic E-state index is 0.0243. The molecule has 0 saturated carbocycles. The van der Waals surface area contributed by atoms with Crippen molar-refractivity contribution in [1.29, 1.82) is 0 Å². The number of H-pyrrole nitrogens is 2. The first kappa shape index (κ1) is 23.6. The SMILES string of the molecule is O=C(c1ccccc1)c1c(-c2c[nH]c3ccccc23)c[nH+]c2ccc3ccccc3c12.[O-][Cl+3]([O-])([O-])[O-]. The zero-order chi connectivity index (χ0) is 25.3. The zero-order valence-corrected chi connectivity index (χ0v) is 19.5. The lowest BCUT2D eigenvalue weighted by Gasteiger charge is -2.17. The first-order valence-electron chi connectivity index (χ1n) is 11.0. The van der Waals surface area contributed by atoms with Gasteiger partial charge in [-0.15, -0.1) is 10.2 Å². The molecule has 0 aliphatic carbocycles. The van der Waals surface area contributed by atoms with Crippen LogP contribution in [0.2, 0.25) is 0 Å². The van der Waals surface area contributed by atoms with E-state index in [0.29, 0.717) is 5.56 Å². The molecule has 0 fully saturated rings. The van der Waals surface area contributed by atoms with Crippen molar-refractivity contribution in [1.82, 2.24) is 4.98 Å². The number of carbonyl (C=O) groups is 1. The van der Waals surface area contributed by atoms with Crippen LogP contribution in [0.3, 0.4) is 0 Å². The van der Waals surface area contributed by atoms with Crippen LogP contribution in [0.1, 0.15) is 15.9 Å². The van der Waals surface area contributed by atoms with E-state index in [1.54, 1.807) is 0 Å². The molecule has 0 aliphatic heterocycles. The number of para-hydroxylation sites is 1. The fraction of sp³-hybridized carbons (Fsp3) is 0. The molecule has 0 aliphatic rings. The van der Waals surface area contributed by atoms with Gasteiger partial charge in [0.15, 0.2) is 12.0 Å². The topological polar surface area (TPSA) is 139 Å². The maximum absolute atomic E-state index is 13.9. The molecular formula is C28H19ClN2O5. The number of fused-ring (bicyclic) bond motifs is 4. The van der Waals surface area contributed by atoms with Gasteiger partial charge in [-0.3, -0.25) is 4.79 Å². The smallest absolute Gasteiger partial charge is 0.212 e. The molecule has 0 unspecified atom stereocenters. The highest BCUT2D eigenvalue weighted by molar-refractivity contribution is 6.25. The van der Waals surface area contributed by atoms with Crippen LogP contribution in [-0.2, 0) is 0 Å². The van der Waals surface area contributed by atoms with Gasteiger partial charge in [-0.05, 0) is 22.9 Å². The Balaban J connectivity index is 0.000000489. The first-order valence-corrected chi connectivity index (χ1v) is 12.2. The summed E-state index contributed by atoms with van der Waals surface area (Å²) in [5, 5.41) is 4.23. The number of benzene rings is 4. The predicted octanol–water partition coefficient (Wildman–Crippen LogP) is 1.43. The molecule has 8 heteroatoms.